The van der Waals surface area contributed by atoms with Crippen LogP contribution in [0.15, 0.2) is 48.0 Å². The van der Waals surface area contributed by atoms with Crippen molar-refractivity contribution in [1.82, 2.24) is 9.97 Å². The number of carbonyl (C=O) groups is 1. The molecule has 1 N–H and O–H groups in total. The monoisotopic (exact) mass is 380 g/mol. The van der Waals surface area contributed by atoms with Crippen LogP contribution in [0.3, 0.4) is 0 Å². The lowest BCUT2D eigenvalue weighted by atomic mass is 10.1. The molecule has 4 rings (SSSR count). The Morgan fingerprint density at radius 3 is 2.78 bits per heavy atom. The van der Waals surface area contributed by atoms with Crippen molar-refractivity contribution in [3.05, 3.63) is 59.2 Å². The molecule has 3 aromatic heterocycles. The number of rotatable bonds is 4. The molecule has 1 amide bonds. The number of hydrogen-bond acceptors (Lipinski definition) is 6. The van der Waals surface area contributed by atoms with E-state index in [4.69, 9.17) is 4.74 Å². The third kappa shape index (κ3) is 3.84. The maximum Gasteiger partial charge on any atom is 0.257 e. The van der Waals surface area contributed by atoms with Crippen LogP contribution in [-0.2, 0) is 4.74 Å². The van der Waals surface area contributed by atoms with Gasteiger partial charge in [0.1, 0.15) is 0 Å². The molecule has 0 bridgehead atoms. The van der Waals surface area contributed by atoms with Gasteiger partial charge in [0.25, 0.3) is 5.91 Å². The fourth-order valence-corrected chi connectivity index (χ4v) is 3.77. The van der Waals surface area contributed by atoms with E-state index in [1.165, 1.54) is 0 Å². The summed E-state index contributed by atoms with van der Waals surface area (Å²) in [4.78, 5) is 25.1. The fraction of sp³-hybridized carbons (Fsp3) is 0.250. The van der Waals surface area contributed by atoms with Gasteiger partial charge in [0.15, 0.2) is 5.82 Å². The number of carbonyl (C=O) groups excluding carboxylic acids is 1. The first-order valence-electron chi connectivity index (χ1n) is 8.83. The van der Waals surface area contributed by atoms with Crippen LogP contribution in [0.2, 0.25) is 0 Å². The van der Waals surface area contributed by atoms with E-state index in [1.54, 1.807) is 17.5 Å². The minimum atomic E-state index is -0.180. The standard InChI is InChI=1S/C20H20N4O2S/c1-14-15(6-7-16(22-14)18-5-3-13-27-18)20(25)23-17-4-2-8-21-19(17)24-9-11-26-12-10-24/h2-8,13H,9-12H2,1H3,(H,23,25). The highest BCUT2D eigenvalue weighted by atomic mass is 32.1. The first-order chi connectivity index (χ1) is 13.2. The third-order valence-electron chi connectivity index (χ3n) is 4.45. The van der Waals surface area contributed by atoms with Crippen molar-refractivity contribution in [3.63, 3.8) is 0 Å². The maximum absolute atomic E-state index is 12.8. The van der Waals surface area contributed by atoms with E-state index in [1.807, 2.05) is 48.7 Å². The molecule has 6 nitrogen and oxygen atoms in total. The van der Waals surface area contributed by atoms with Crippen molar-refractivity contribution < 1.29 is 9.53 Å². The zero-order valence-corrected chi connectivity index (χ0v) is 15.8. The number of thiophene rings is 1. The molecular formula is C20H20N4O2S. The molecule has 0 radical (unpaired) electrons. The second-order valence-corrected chi connectivity index (χ2v) is 7.18. The van der Waals surface area contributed by atoms with Crippen LogP contribution >= 0.6 is 11.3 Å². The SMILES string of the molecule is Cc1nc(-c2cccs2)ccc1C(=O)Nc1cccnc1N1CCOCC1. The normalized spacial score (nSPS) is 14.2. The molecule has 3 aromatic rings. The summed E-state index contributed by atoms with van der Waals surface area (Å²) in [5.41, 5.74) is 2.85. The first-order valence-corrected chi connectivity index (χ1v) is 9.71. The first kappa shape index (κ1) is 17.6. The maximum atomic E-state index is 12.8. The number of pyridine rings is 2. The van der Waals surface area contributed by atoms with Gasteiger partial charge in [-0.1, -0.05) is 6.07 Å². The van der Waals surface area contributed by atoms with Gasteiger partial charge in [-0.2, -0.15) is 0 Å². The Balaban J connectivity index is 1.56. The number of amides is 1. The van der Waals surface area contributed by atoms with Crippen molar-refractivity contribution in [3.8, 4) is 10.6 Å². The number of morpholine rings is 1. The van der Waals surface area contributed by atoms with Gasteiger partial charge >= 0.3 is 0 Å². The summed E-state index contributed by atoms with van der Waals surface area (Å²) in [5.74, 6) is 0.593. The number of aryl methyl sites for hydroxylation is 1. The summed E-state index contributed by atoms with van der Waals surface area (Å²) >= 11 is 1.63. The third-order valence-corrected chi connectivity index (χ3v) is 5.34. The molecule has 1 aliphatic heterocycles. The second-order valence-electron chi connectivity index (χ2n) is 6.23. The minimum absolute atomic E-state index is 0.180. The van der Waals surface area contributed by atoms with Gasteiger partial charge in [0, 0.05) is 19.3 Å². The number of aromatic nitrogens is 2. The average Bonchev–Trinajstić information content (AvgIpc) is 3.24. The van der Waals surface area contributed by atoms with Gasteiger partial charge in [0.05, 0.1) is 40.7 Å². The minimum Gasteiger partial charge on any atom is -0.378 e. The van der Waals surface area contributed by atoms with Crippen LogP contribution < -0.4 is 10.2 Å². The van der Waals surface area contributed by atoms with E-state index in [0.29, 0.717) is 30.2 Å². The summed E-state index contributed by atoms with van der Waals surface area (Å²) < 4.78 is 5.40. The molecule has 4 heterocycles. The predicted octanol–water partition coefficient (Wildman–Crippen LogP) is 3.60. The van der Waals surface area contributed by atoms with E-state index < -0.39 is 0 Å². The highest BCUT2D eigenvalue weighted by Crippen LogP contribution is 2.26. The molecule has 0 aliphatic carbocycles. The number of anilines is 2. The lowest BCUT2D eigenvalue weighted by Gasteiger charge is -2.29. The van der Waals surface area contributed by atoms with Gasteiger partial charge < -0.3 is 15.0 Å². The lowest BCUT2D eigenvalue weighted by molar-refractivity contribution is 0.102. The Morgan fingerprint density at radius 1 is 1.19 bits per heavy atom. The van der Waals surface area contributed by atoms with Crippen molar-refractivity contribution in [1.29, 1.82) is 0 Å². The van der Waals surface area contributed by atoms with Crippen LogP contribution in [0.25, 0.3) is 10.6 Å². The molecule has 27 heavy (non-hydrogen) atoms. The molecule has 0 aromatic carbocycles. The van der Waals surface area contributed by atoms with Crippen LogP contribution in [0.4, 0.5) is 11.5 Å². The van der Waals surface area contributed by atoms with E-state index in [-0.39, 0.29) is 5.91 Å². The number of hydrogen-bond donors (Lipinski definition) is 1. The zero-order valence-electron chi connectivity index (χ0n) is 15.0. The summed E-state index contributed by atoms with van der Waals surface area (Å²) in [5, 5.41) is 5.01. The van der Waals surface area contributed by atoms with E-state index >= 15 is 0 Å². The molecule has 7 heteroatoms. The van der Waals surface area contributed by atoms with Gasteiger partial charge in [-0.25, -0.2) is 4.98 Å². The van der Waals surface area contributed by atoms with Gasteiger partial charge in [-0.3, -0.25) is 9.78 Å². The molecule has 1 aliphatic rings. The summed E-state index contributed by atoms with van der Waals surface area (Å²) in [6.45, 7) is 4.71. The fourth-order valence-electron chi connectivity index (χ4n) is 3.07. The van der Waals surface area contributed by atoms with Crippen LogP contribution in [0.5, 0.6) is 0 Å². The Labute approximate surface area is 161 Å². The Kier molecular flexibility index (Phi) is 5.13. The predicted molar refractivity (Wildman–Crippen MR) is 108 cm³/mol. The summed E-state index contributed by atoms with van der Waals surface area (Å²) in [7, 11) is 0. The second kappa shape index (κ2) is 7.85. The Hall–Kier alpha value is -2.77. The number of nitrogens with zero attached hydrogens (tertiary/aromatic N) is 3. The van der Waals surface area contributed by atoms with Crippen LogP contribution in [0, 0.1) is 6.92 Å². The van der Waals surface area contributed by atoms with Crippen molar-refractivity contribution in [2.75, 3.05) is 36.5 Å². The Bertz CT molecular complexity index is 937. The van der Waals surface area contributed by atoms with Gasteiger partial charge in [0.2, 0.25) is 0 Å². The molecular weight excluding hydrogens is 360 g/mol. The van der Waals surface area contributed by atoms with Crippen LogP contribution in [-0.4, -0.2) is 42.2 Å². The molecule has 1 saturated heterocycles. The molecule has 138 valence electrons. The van der Waals surface area contributed by atoms with E-state index in [9.17, 15) is 4.79 Å². The highest BCUT2D eigenvalue weighted by Gasteiger charge is 2.19. The largest absolute Gasteiger partial charge is 0.378 e. The Morgan fingerprint density at radius 2 is 2.04 bits per heavy atom. The lowest BCUT2D eigenvalue weighted by Crippen LogP contribution is -2.37. The topological polar surface area (TPSA) is 67.4 Å². The van der Waals surface area contributed by atoms with E-state index in [0.717, 1.165) is 29.5 Å². The summed E-state index contributed by atoms with van der Waals surface area (Å²) in [6.07, 6.45) is 1.74. The number of ether oxygens (including phenoxy) is 1. The molecule has 0 spiro atoms. The van der Waals surface area contributed by atoms with Crippen molar-refractivity contribution >= 4 is 28.7 Å². The van der Waals surface area contributed by atoms with E-state index in [2.05, 4.69) is 20.2 Å². The average molecular weight is 380 g/mol. The quantitative estimate of drug-likeness (QED) is 0.749. The molecule has 0 unspecified atom stereocenters. The highest BCUT2D eigenvalue weighted by molar-refractivity contribution is 7.13. The van der Waals surface area contributed by atoms with Crippen LogP contribution in [0.1, 0.15) is 16.1 Å². The zero-order chi connectivity index (χ0) is 18.6. The molecule has 1 fully saturated rings. The number of nitrogens with one attached hydrogen (secondary N) is 1. The van der Waals surface area contributed by atoms with Crippen molar-refractivity contribution in [2.45, 2.75) is 6.92 Å². The van der Waals surface area contributed by atoms with Crippen molar-refractivity contribution in [2.24, 2.45) is 0 Å². The van der Waals surface area contributed by atoms with Gasteiger partial charge in [-0.05, 0) is 42.6 Å². The smallest absolute Gasteiger partial charge is 0.257 e. The summed E-state index contributed by atoms with van der Waals surface area (Å²) in [6, 6.07) is 11.4. The van der Waals surface area contributed by atoms with Gasteiger partial charge in [-0.15, -0.1) is 11.3 Å². The molecule has 0 saturated carbocycles. The molecule has 0 atom stereocenters.